The van der Waals surface area contributed by atoms with Gasteiger partial charge in [0.2, 0.25) is 0 Å². The van der Waals surface area contributed by atoms with Crippen molar-refractivity contribution in [2.24, 2.45) is 0 Å². The summed E-state index contributed by atoms with van der Waals surface area (Å²) in [5, 5.41) is 4.23. The molecule has 0 aliphatic rings. The quantitative estimate of drug-likeness (QED) is 0.359. The van der Waals surface area contributed by atoms with E-state index in [1.54, 1.807) is 0 Å². The van der Waals surface area contributed by atoms with Gasteiger partial charge in [-0.3, -0.25) is 0 Å². The molecule has 0 radical (unpaired) electrons. The molecule has 4 rings (SSSR count). The largest absolute Gasteiger partial charge is 0.435 e. The molecule has 4 nitrogen and oxygen atoms in total. The van der Waals surface area contributed by atoms with Crippen LogP contribution in [-0.2, 0) is 12.7 Å². The van der Waals surface area contributed by atoms with E-state index in [-0.39, 0.29) is 34.7 Å². The Bertz CT molecular complexity index is 1200. The molecule has 0 bridgehead atoms. The second-order valence-corrected chi connectivity index (χ2v) is 6.88. The van der Waals surface area contributed by atoms with Crippen molar-refractivity contribution in [2.75, 3.05) is 0 Å². The van der Waals surface area contributed by atoms with E-state index in [0.29, 0.717) is 5.56 Å². The van der Waals surface area contributed by atoms with E-state index in [4.69, 9.17) is 0 Å². The molecule has 4 aromatic rings. The van der Waals surface area contributed by atoms with Gasteiger partial charge >= 0.3 is 12.8 Å². The summed E-state index contributed by atoms with van der Waals surface area (Å²) in [6.45, 7) is -1.23. The molecule has 0 saturated carbocycles. The van der Waals surface area contributed by atoms with Crippen LogP contribution in [0.25, 0.3) is 22.3 Å². The molecule has 0 fully saturated rings. The first-order valence-corrected chi connectivity index (χ1v) is 9.27. The van der Waals surface area contributed by atoms with Gasteiger partial charge in [-0.1, -0.05) is 30.3 Å². The highest BCUT2D eigenvalue weighted by molar-refractivity contribution is 5.86. The maximum Gasteiger partial charge on any atom is 0.417 e. The Hall–Kier alpha value is -3.49. The van der Waals surface area contributed by atoms with Gasteiger partial charge in [-0.2, -0.15) is 27.1 Å². The molecule has 0 atom stereocenters. The Labute approximate surface area is 173 Å². The number of halogens is 5. The first-order chi connectivity index (χ1) is 14.7. The molecule has 2 aromatic carbocycles. The lowest BCUT2D eigenvalue weighted by atomic mass is 10.0. The number of hydrogen-bond donors (Lipinski definition) is 0. The molecule has 2 aromatic heterocycles. The molecule has 0 amide bonds. The summed E-state index contributed by atoms with van der Waals surface area (Å²) in [6.07, 6.45) is -4.62. The summed E-state index contributed by atoms with van der Waals surface area (Å²) in [7, 11) is 0. The predicted octanol–water partition coefficient (Wildman–Crippen LogP) is 6.08. The van der Waals surface area contributed by atoms with Crippen LogP contribution >= 0.6 is 0 Å². The van der Waals surface area contributed by atoms with Gasteiger partial charge in [0.15, 0.2) is 5.65 Å². The fraction of sp³-hybridized carbons (Fsp3) is 0.182. The van der Waals surface area contributed by atoms with Crippen LogP contribution in [0, 0.1) is 6.92 Å². The highest BCUT2D eigenvalue weighted by Gasteiger charge is 2.35. The summed E-state index contributed by atoms with van der Waals surface area (Å²) >= 11 is 0. The number of nitrogens with zero attached hydrogens (tertiary/aromatic N) is 3. The lowest BCUT2D eigenvalue weighted by Crippen LogP contribution is -2.08. The average molecular weight is 433 g/mol. The average Bonchev–Trinajstić information content (AvgIpc) is 3.03. The van der Waals surface area contributed by atoms with Crippen LogP contribution in [0.15, 0.2) is 60.7 Å². The van der Waals surface area contributed by atoms with Gasteiger partial charge < -0.3 is 4.74 Å². The van der Waals surface area contributed by atoms with E-state index < -0.39 is 18.4 Å². The molecule has 0 saturated heterocycles. The zero-order valence-electron chi connectivity index (χ0n) is 16.2. The second-order valence-electron chi connectivity index (χ2n) is 6.88. The summed E-state index contributed by atoms with van der Waals surface area (Å²) < 4.78 is 72.1. The molecular formula is C22H16F5N3O. The van der Waals surface area contributed by atoms with Gasteiger partial charge in [-0.05, 0) is 42.8 Å². The fourth-order valence-corrected chi connectivity index (χ4v) is 3.40. The van der Waals surface area contributed by atoms with Gasteiger partial charge in [0.1, 0.15) is 5.75 Å². The van der Waals surface area contributed by atoms with Crippen LogP contribution in [0.4, 0.5) is 22.0 Å². The molecule has 31 heavy (non-hydrogen) atoms. The molecule has 160 valence electrons. The Balaban J connectivity index is 1.85. The number of aromatic nitrogens is 3. The van der Waals surface area contributed by atoms with Crippen LogP contribution < -0.4 is 4.74 Å². The highest BCUT2D eigenvalue weighted by Crippen LogP contribution is 2.38. The van der Waals surface area contributed by atoms with Gasteiger partial charge in [-0.15, -0.1) is 0 Å². The molecular weight excluding hydrogens is 417 g/mol. The van der Waals surface area contributed by atoms with Gasteiger partial charge in [0.25, 0.3) is 0 Å². The zero-order valence-corrected chi connectivity index (χ0v) is 16.2. The molecule has 0 aliphatic carbocycles. The summed E-state index contributed by atoms with van der Waals surface area (Å²) in [5.74, 6) is -0.0964. The van der Waals surface area contributed by atoms with E-state index in [9.17, 15) is 22.0 Å². The van der Waals surface area contributed by atoms with Crippen molar-refractivity contribution < 1.29 is 26.7 Å². The predicted molar refractivity (Wildman–Crippen MR) is 105 cm³/mol. The van der Waals surface area contributed by atoms with E-state index in [0.717, 1.165) is 11.6 Å². The topological polar surface area (TPSA) is 39.9 Å². The maximum absolute atomic E-state index is 13.9. The molecule has 0 unspecified atom stereocenters. The third-order valence-electron chi connectivity index (χ3n) is 4.73. The van der Waals surface area contributed by atoms with Crippen LogP contribution in [0.5, 0.6) is 5.75 Å². The number of fused-ring (bicyclic) bond motifs is 1. The van der Waals surface area contributed by atoms with Crippen molar-refractivity contribution in [1.29, 1.82) is 0 Å². The number of ether oxygens (including phenoxy) is 1. The minimum absolute atomic E-state index is 0.0534. The molecule has 9 heteroatoms. The SMILES string of the molecule is Cc1nn(Cc2ccccc2)c2nc(-c3ccc(OC(F)F)cc3)cc(C(F)(F)F)c12. The van der Waals surface area contributed by atoms with Crippen LogP contribution in [0.3, 0.4) is 0 Å². The number of aryl methyl sites for hydroxylation is 1. The number of pyridine rings is 1. The second kappa shape index (κ2) is 7.98. The zero-order chi connectivity index (χ0) is 22.2. The molecule has 0 N–H and O–H groups in total. The van der Waals surface area contributed by atoms with Crippen molar-refractivity contribution in [2.45, 2.75) is 26.3 Å². The van der Waals surface area contributed by atoms with Crippen LogP contribution in [0.2, 0.25) is 0 Å². The number of rotatable bonds is 5. The van der Waals surface area contributed by atoms with Crippen molar-refractivity contribution in [3.05, 3.63) is 77.5 Å². The summed E-state index contributed by atoms with van der Waals surface area (Å²) in [4.78, 5) is 4.44. The number of benzene rings is 2. The van der Waals surface area contributed by atoms with Crippen molar-refractivity contribution in [3.63, 3.8) is 0 Å². The third kappa shape index (κ3) is 4.35. The Morgan fingerprint density at radius 2 is 1.68 bits per heavy atom. The molecule has 0 aliphatic heterocycles. The van der Waals surface area contributed by atoms with E-state index in [1.165, 1.54) is 35.9 Å². The minimum Gasteiger partial charge on any atom is -0.435 e. The lowest BCUT2D eigenvalue weighted by Gasteiger charge is -2.12. The Morgan fingerprint density at radius 1 is 1.00 bits per heavy atom. The normalized spacial score (nSPS) is 12.0. The highest BCUT2D eigenvalue weighted by atomic mass is 19.4. The summed E-state index contributed by atoms with van der Waals surface area (Å²) in [5.41, 5.74) is 0.715. The van der Waals surface area contributed by atoms with Crippen LogP contribution in [0.1, 0.15) is 16.8 Å². The standard InChI is InChI=1S/C22H16F5N3O/c1-13-19-17(22(25,26)27)11-18(15-7-9-16(10-8-15)31-21(23)24)28-20(19)30(29-13)12-14-5-3-2-4-6-14/h2-11,21H,12H2,1H3. The number of alkyl halides is 5. The summed E-state index contributed by atoms with van der Waals surface area (Å²) in [6, 6.07) is 15.4. The Morgan fingerprint density at radius 3 is 2.29 bits per heavy atom. The van der Waals surface area contributed by atoms with Gasteiger partial charge in [-0.25, -0.2) is 9.67 Å². The van der Waals surface area contributed by atoms with Crippen molar-refractivity contribution >= 4 is 11.0 Å². The first kappa shape index (κ1) is 20.8. The van der Waals surface area contributed by atoms with E-state index in [2.05, 4.69) is 14.8 Å². The minimum atomic E-state index is -4.62. The molecule has 2 heterocycles. The first-order valence-electron chi connectivity index (χ1n) is 9.27. The fourth-order valence-electron chi connectivity index (χ4n) is 3.40. The molecule has 0 spiro atoms. The van der Waals surface area contributed by atoms with E-state index in [1.807, 2.05) is 30.3 Å². The van der Waals surface area contributed by atoms with Gasteiger partial charge in [0.05, 0.1) is 28.9 Å². The number of hydrogen-bond acceptors (Lipinski definition) is 3. The van der Waals surface area contributed by atoms with Gasteiger partial charge in [0, 0.05) is 5.56 Å². The smallest absolute Gasteiger partial charge is 0.417 e. The maximum atomic E-state index is 13.9. The van der Waals surface area contributed by atoms with Crippen LogP contribution in [-0.4, -0.2) is 21.4 Å². The van der Waals surface area contributed by atoms with Crippen molar-refractivity contribution in [1.82, 2.24) is 14.8 Å². The third-order valence-corrected chi connectivity index (χ3v) is 4.73. The van der Waals surface area contributed by atoms with Crippen molar-refractivity contribution in [3.8, 4) is 17.0 Å². The lowest BCUT2D eigenvalue weighted by molar-refractivity contribution is -0.136. The van der Waals surface area contributed by atoms with E-state index >= 15 is 0 Å². The Kier molecular flexibility index (Phi) is 5.34. The monoisotopic (exact) mass is 433 g/mol.